The second-order valence-corrected chi connectivity index (χ2v) is 3.06. The fourth-order valence-corrected chi connectivity index (χ4v) is 1.26. The third-order valence-electron chi connectivity index (χ3n) is 1.92. The molecule has 0 fully saturated rings. The lowest BCUT2D eigenvalue weighted by molar-refractivity contribution is 0.514. The maximum absolute atomic E-state index is 5.44. The molecule has 0 aliphatic heterocycles. The second-order valence-electron chi connectivity index (χ2n) is 3.06. The summed E-state index contributed by atoms with van der Waals surface area (Å²) in [4.78, 5) is 3.96. The SMILES string of the molecule is Nc1cn(CCCn2ccnc2)nn1. The van der Waals surface area contributed by atoms with Gasteiger partial charge in [0.2, 0.25) is 0 Å². The normalized spacial score (nSPS) is 10.6. The van der Waals surface area contributed by atoms with Crippen molar-refractivity contribution in [3.05, 3.63) is 24.9 Å². The van der Waals surface area contributed by atoms with Crippen molar-refractivity contribution in [2.45, 2.75) is 19.5 Å². The minimum absolute atomic E-state index is 0.465. The van der Waals surface area contributed by atoms with Crippen molar-refractivity contribution < 1.29 is 0 Å². The summed E-state index contributed by atoms with van der Waals surface area (Å²) >= 11 is 0. The van der Waals surface area contributed by atoms with Crippen molar-refractivity contribution in [3.63, 3.8) is 0 Å². The molecule has 2 heterocycles. The van der Waals surface area contributed by atoms with Crippen molar-refractivity contribution in [3.8, 4) is 0 Å². The number of nitrogens with two attached hydrogens (primary N) is 1. The first-order valence-corrected chi connectivity index (χ1v) is 4.46. The van der Waals surface area contributed by atoms with E-state index in [-0.39, 0.29) is 0 Å². The summed E-state index contributed by atoms with van der Waals surface area (Å²) in [6.07, 6.45) is 8.23. The number of aromatic nitrogens is 5. The third kappa shape index (κ3) is 2.09. The molecule has 0 bridgehead atoms. The Morgan fingerprint density at radius 1 is 1.36 bits per heavy atom. The van der Waals surface area contributed by atoms with Gasteiger partial charge in [0.1, 0.15) is 0 Å². The molecule has 0 saturated carbocycles. The zero-order valence-electron chi connectivity index (χ0n) is 7.74. The maximum Gasteiger partial charge on any atom is 0.165 e. The van der Waals surface area contributed by atoms with Crippen LogP contribution in [0.25, 0.3) is 0 Å². The standard InChI is InChI=1S/C8H12N6/c9-8-6-14(12-11-8)4-1-3-13-5-2-10-7-13/h2,5-7H,1,3-4,9H2. The molecule has 6 nitrogen and oxygen atoms in total. The number of nitrogen functional groups attached to an aromatic ring is 1. The smallest absolute Gasteiger partial charge is 0.165 e. The van der Waals surface area contributed by atoms with Crippen LogP contribution in [0.1, 0.15) is 6.42 Å². The van der Waals surface area contributed by atoms with E-state index >= 15 is 0 Å². The lowest BCUT2D eigenvalue weighted by Gasteiger charge is -2.01. The minimum atomic E-state index is 0.465. The first kappa shape index (κ1) is 8.74. The lowest BCUT2D eigenvalue weighted by Crippen LogP contribution is -2.03. The van der Waals surface area contributed by atoms with E-state index < -0.39 is 0 Å². The molecule has 0 amide bonds. The second kappa shape index (κ2) is 3.91. The first-order chi connectivity index (χ1) is 6.84. The van der Waals surface area contributed by atoms with E-state index in [1.807, 2.05) is 10.8 Å². The Hall–Kier alpha value is -1.85. The summed E-state index contributed by atoms with van der Waals surface area (Å²) in [5, 5.41) is 7.56. The highest BCUT2D eigenvalue weighted by Gasteiger charge is 1.96. The van der Waals surface area contributed by atoms with Crippen LogP contribution in [0.15, 0.2) is 24.9 Å². The summed E-state index contributed by atoms with van der Waals surface area (Å²) in [7, 11) is 0. The Morgan fingerprint density at radius 2 is 2.29 bits per heavy atom. The van der Waals surface area contributed by atoms with Crippen LogP contribution >= 0.6 is 0 Å². The monoisotopic (exact) mass is 192 g/mol. The molecule has 0 aliphatic carbocycles. The zero-order chi connectivity index (χ0) is 9.80. The summed E-state index contributed by atoms with van der Waals surface area (Å²) in [5.74, 6) is 0.465. The molecule has 74 valence electrons. The average molecular weight is 192 g/mol. The van der Waals surface area contributed by atoms with Gasteiger partial charge in [-0.3, -0.25) is 4.68 Å². The summed E-state index contributed by atoms with van der Waals surface area (Å²) in [5.41, 5.74) is 5.44. The Labute approximate surface area is 81.4 Å². The summed E-state index contributed by atoms with van der Waals surface area (Å²) < 4.78 is 3.77. The molecular weight excluding hydrogens is 180 g/mol. The Morgan fingerprint density at radius 3 is 2.93 bits per heavy atom. The number of hydrogen-bond acceptors (Lipinski definition) is 4. The van der Waals surface area contributed by atoms with E-state index in [2.05, 4.69) is 15.3 Å². The van der Waals surface area contributed by atoms with Crippen LogP contribution in [0.5, 0.6) is 0 Å². The van der Waals surface area contributed by atoms with Crippen LogP contribution in [0.4, 0.5) is 5.82 Å². The predicted octanol–water partition coefficient (Wildman–Crippen LogP) is 0.147. The Balaban J connectivity index is 1.78. The van der Waals surface area contributed by atoms with Gasteiger partial charge in [0.15, 0.2) is 5.82 Å². The van der Waals surface area contributed by atoms with Gasteiger partial charge >= 0.3 is 0 Å². The molecule has 0 unspecified atom stereocenters. The molecule has 2 aromatic rings. The number of aryl methyl sites for hydroxylation is 2. The van der Waals surface area contributed by atoms with E-state index in [1.54, 1.807) is 23.4 Å². The van der Waals surface area contributed by atoms with Crippen LogP contribution in [0.3, 0.4) is 0 Å². The van der Waals surface area contributed by atoms with Crippen LogP contribution < -0.4 is 5.73 Å². The van der Waals surface area contributed by atoms with Crippen molar-refractivity contribution in [2.24, 2.45) is 0 Å². The average Bonchev–Trinajstić information content (AvgIpc) is 2.77. The topological polar surface area (TPSA) is 74.5 Å². The van der Waals surface area contributed by atoms with E-state index in [4.69, 9.17) is 5.73 Å². The fourth-order valence-electron chi connectivity index (χ4n) is 1.26. The van der Waals surface area contributed by atoms with E-state index in [9.17, 15) is 0 Å². The van der Waals surface area contributed by atoms with Gasteiger partial charge in [0.05, 0.1) is 12.5 Å². The van der Waals surface area contributed by atoms with Gasteiger partial charge in [-0.2, -0.15) is 0 Å². The molecule has 0 aliphatic rings. The lowest BCUT2D eigenvalue weighted by atomic mass is 10.4. The van der Waals surface area contributed by atoms with Gasteiger partial charge in [-0.25, -0.2) is 4.98 Å². The molecule has 2 N–H and O–H groups in total. The molecular formula is C8H12N6. The molecule has 14 heavy (non-hydrogen) atoms. The highest BCUT2D eigenvalue weighted by atomic mass is 15.4. The predicted molar refractivity (Wildman–Crippen MR) is 51.3 cm³/mol. The van der Waals surface area contributed by atoms with Crippen molar-refractivity contribution in [1.82, 2.24) is 24.5 Å². The van der Waals surface area contributed by atoms with Gasteiger partial charge in [-0.15, -0.1) is 5.10 Å². The molecule has 2 rings (SSSR count). The van der Waals surface area contributed by atoms with Gasteiger partial charge in [-0.1, -0.05) is 5.21 Å². The van der Waals surface area contributed by atoms with Gasteiger partial charge < -0.3 is 10.3 Å². The van der Waals surface area contributed by atoms with Crippen molar-refractivity contribution >= 4 is 5.82 Å². The zero-order valence-corrected chi connectivity index (χ0v) is 7.74. The van der Waals surface area contributed by atoms with Crippen LogP contribution in [-0.4, -0.2) is 24.5 Å². The quantitative estimate of drug-likeness (QED) is 0.748. The Bertz CT molecular complexity index is 376. The molecule has 0 spiro atoms. The highest BCUT2D eigenvalue weighted by Crippen LogP contribution is 1.96. The van der Waals surface area contributed by atoms with Gasteiger partial charge in [0, 0.05) is 25.5 Å². The number of rotatable bonds is 4. The highest BCUT2D eigenvalue weighted by molar-refractivity contribution is 5.19. The summed E-state index contributed by atoms with van der Waals surface area (Å²) in [6, 6.07) is 0. The Kier molecular flexibility index (Phi) is 2.44. The third-order valence-corrected chi connectivity index (χ3v) is 1.92. The number of anilines is 1. The van der Waals surface area contributed by atoms with Gasteiger partial charge in [-0.05, 0) is 6.42 Å². The van der Waals surface area contributed by atoms with Crippen LogP contribution in [0, 0.1) is 0 Å². The molecule has 0 aromatic carbocycles. The molecule has 0 saturated heterocycles. The van der Waals surface area contributed by atoms with E-state index in [0.717, 1.165) is 19.5 Å². The van der Waals surface area contributed by atoms with Gasteiger partial charge in [0.25, 0.3) is 0 Å². The molecule has 6 heteroatoms. The largest absolute Gasteiger partial charge is 0.381 e. The molecule has 2 aromatic heterocycles. The first-order valence-electron chi connectivity index (χ1n) is 4.46. The number of nitrogens with zero attached hydrogens (tertiary/aromatic N) is 5. The van der Waals surface area contributed by atoms with Crippen molar-refractivity contribution in [2.75, 3.05) is 5.73 Å². The molecule has 0 atom stereocenters. The van der Waals surface area contributed by atoms with E-state index in [1.165, 1.54) is 0 Å². The number of imidazole rings is 1. The van der Waals surface area contributed by atoms with Crippen LogP contribution in [-0.2, 0) is 13.1 Å². The minimum Gasteiger partial charge on any atom is -0.381 e. The fraction of sp³-hybridized carbons (Fsp3) is 0.375. The maximum atomic E-state index is 5.44. The summed E-state index contributed by atoms with van der Waals surface area (Å²) in [6.45, 7) is 1.75. The van der Waals surface area contributed by atoms with Crippen molar-refractivity contribution in [1.29, 1.82) is 0 Å². The number of hydrogen-bond donors (Lipinski definition) is 1. The molecule has 0 radical (unpaired) electrons. The van der Waals surface area contributed by atoms with E-state index in [0.29, 0.717) is 5.82 Å². The van der Waals surface area contributed by atoms with Crippen LogP contribution in [0.2, 0.25) is 0 Å².